The first-order valence-electron chi connectivity index (χ1n) is 13.2. The molecule has 4 rings (SSSR count). The van der Waals surface area contributed by atoms with Crippen LogP contribution in [-0.4, -0.2) is 12.3 Å². The third-order valence-corrected chi connectivity index (χ3v) is 9.48. The molecule has 0 aromatic heterocycles. The van der Waals surface area contributed by atoms with Gasteiger partial charge in [-0.05, 0) is 32.1 Å². The first-order chi connectivity index (χ1) is 16.1. The SMILES string of the molecule is CCCCCCP(CCCCCC)c1cc2ccccc2[cH-]1.Cc1ccc(C)c2[cH-]ccc12.[Cl-].[Cl-].[Ti+4]. The van der Waals surface area contributed by atoms with Crippen LogP contribution in [0, 0.1) is 13.8 Å². The minimum Gasteiger partial charge on any atom is -1.00 e. The van der Waals surface area contributed by atoms with E-state index in [1.54, 1.807) is 5.30 Å². The molecule has 0 radical (unpaired) electrons. The molecule has 0 amide bonds. The first kappa shape index (κ1) is 35.4. The molecule has 0 unspecified atom stereocenters. The maximum absolute atomic E-state index is 2.47. The number of hydrogen-bond acceptors (Lipinski definition) is 0. The Morgan fingerprint density at radius 3 is 1.92 bits per heavy atom. The molecular formula is C32H43Cl2PTi. The molecule has 0 bridgehead atoms. The topological polar surface area (TPSA) is 0 Å². The van der Waals surface area contributed by atoms with Crippen molar-refractivity contribution in [2.24, 2.45) is 0 Å². The number of halogens is 2. The summed E-state index contributed by atoms with van der Waals surface area (Å²) in [5, 5.41) is 7.32. The molecule has 0 N–H and O–H groups in total. The van der Waals surface area contributed by atoms with Gasteiger partial charge in [0.2, 0.25) is 0 Å². The van der Waals surface area contributed by atoms with Gasteiger partial charge in [0, 0.05) is 0 Å². The second-order valence-corrected chi connectivity index (χ2v) is 12.0. The Hall–Kier alpha value is -0.616. The fraction of sp³-hybridized carbons (Fsp3) is 0.438. The van der Waals surface area contributed by atoms with E-state index >= 15 is 0 Å². The fourth-order valence-corrected chi connectivity index (χ4v) is 7.28. The summed E-state index contributed by atoms with van der Waals surface area (Å²) in [5.41, 5.74) is 2.74. The Morgan fingerprint density at radius 2 is 1.33 bits per heavy atom. The molecule has 0 aliphatic rings. The van der Waals surface area contributed by atoms with Crippen LogP contribution in [0.25, 0.3) is 21.5 Å². The second-order valence-electron chi connectivity index (χ2n) is 9.50. The Balaban J connectivity index is 0.000000743. The van der Waals surface area contributed by atoms with Crippen LogP contribution in [0.15, 0.2) is 66.7 Å². The van der Waals surface area contributed by atoms with Crippen LogP contribution >= 0.6 is 7.92 Å². The van der Waals surface area contributed by atoms with E-state index in [9.17, 15) is 0 Å². The molecule has 0 saturated heterocycles. The quantitative estimate of drug-likeness (QED) is 0.110. The van der Waals surface area contributed by atoms with Gasteiger partial charge >= 0.3 is 21.7 Å². The summed E-state index contributed by atoms with van der Waals surface area (Å²) in [6, 6.07) is 24.6. The van der Waals surface area contributed by atoms with Crippen molar-refractivity contribution in [1.82, 2.24) is 0 Å². The monoisotopic (exact) mass is 576 g/mol. The third-order valence-electron chi connectivity index (χ3n) is 6.78. The van der Waals surface area contributed by atoms with E-state index in [0.717, 1.165) is 0 Å². The largest absolute Gasteiger partial charge is 4.00 e. The summed E-state index contributed by atoms with van der Waals surface area (Å²) in [6.45, 7) is 8.92. The average molecular weight is 577 g/mol. The third kappa shape index (κ3) is 10.6. The van der Waals surface area contributed by atoms with Crippen LogP contribution in [0.5, 0.6) is 0 Å². The Bertz CT molecular complexity index is 1020. The zero-order valence-electron chi connectivity index (χ0n) is 22.6. The van der Waals surface area contributed by atoms with Crippen LogP contribution in [0.2, 0.25) is 0 Å². The van der Waals surface area contributed by atoms with Crippen LogP contribution in [0.4, 0.5) is 0 Å². The zero-order valence-corrected chi connectivity index (χ0v) is 26.6. The average Bonchev–Trinajstić information content (AvgIpc) is 3.49. The van der Waals surface area contributed by atoms with Crippen molar-refractivity contribution in [2.45, 2.75) is 79.1 Å². The van der Waals surface area contributed by atoms with Crippen LogP contribution in [0.3, 0.4) is 0 Å². The van der Waals surface area contributed by atoms with Crippen LogP contribution in [-0.2, 0) is 21.7 Å². The zero-order chi connectivity index (χ0) is 23.5. The minimum absolute atomic E-state index is 0. The van der Waals surface area contributed by atoms with Gasteiger partial charge in [0.15, 0.2) is 0 Å². The molecule has 4 heteroatoms. The van der Waals surface area contributed by atoms with E-state index < -0.39 is 0 Å². The molecule has 0 atom stereocenters. The number of rotatable bonds is 11. The minimum atomic E-state index is 0. The van der Waals surface area contributed by atoms with Gasteiger partial charge in [0.05, 0.1) is 0 Å². The van der Waals surface area contributed by atoms with Crippen LogP contribution < -0.4 is 30.1 Å². The molecule has 0 saturated carbocycles. The van der Waals surface area contributed by atoms with Crippen molar-refractivity contribution in [3.8, 4) is 0 Å². The molecule has 0 heterocycles. The van der Waals surface area contributed by atoms with E-state index in [4.69, 9.17) is 0 Å². The number of unbranched alkanes of at least 4 members (excludes halogenated alkanes) is 6. The molecule has 0 aliphatic heterocycles. The molecule has 194 valence electrons. The van der Waals surface area contributed by atoms with E-state index in [0.29, 0.717) is 0 Å². The fourth-order valence-electron chi connectivity index (χ4n) is 4.68. The summed E-state index contributed by atoms with van der Waals surface area (Å²) in [4.78, 5) is 0. The van der Waals surface area contributed by atoms with Gasteiger partial charge in [-0.1, -0.05) is 84.9 Å². The summed E-state index contributed by atoms with van der Waals surface area (Å²) in [5.74, 6) is 0. The second kappa shape index (κ2) is 19.5. The molecule has 0 fully saturated rings. The van der Waals surface area contributed by atoms with Crippen molar-refractivity contribution >= 4 is 34.8 Å². The van der Waals surface area contributed by atoms with Crippen molar-refractivity contribution in [3.63, 3.8) is 0 Å². The van der Waals surface area contributed by atoms with E-state index in [-0.39, 0.29) is 54.5 Å². The Labute approximate surface area is 249 Å². The summed E-state index contributed by atoms with van der Waals surface area (Å²) < 4.78 is 0. The molecule has 36 heavy (non-hydrogen) atoms. The predicted octanol–water partition coefficient (Wildman–Crippen LogP) is 4.01. The maximum Gasteiger partial charge on any atom is 4.00 e. The van der Waals surface area contributed by atoms with E-state index in [2.05, 4.69) is 94.4 Å². The number of hydrogen-bond donors (Lipinski definition) is 0. The maximum atomic E-state index is 2.47. The smallest absolute Gasteiger partial charge is 1.00 e. The van der Waals surface area contributed by atoms with E-state index in [1.807, 2.05) is 0 Å². The van der Waals surface area contributed by atoms with Gasteiger partial charge in [-0.3, -0.25) is 0 Å². The standard InChI is InChI=1S/C21H32P.C11H11.2ClH.Ti/c1-3-5-7-11-15-22(16-12-8-6-4-2)21-17-19-13-9-10-14-20(19)18-21;1-8-6-7-9(2)11-5-3-4-10(8)11;;;/h9-10,13-14,17-18H,3-8,11-12,15-16H2,1-2H3;3-7H,1-2H3;2*1H;/q2*-1;;;+4/p-2. The Morgan fingerprint density at radius 1 is 0.722 bits per heavy atom. The van der Waals surface area contributed by atoms with Gasteiger partial charge in [0.25, 0.3) is 0 Å². The molecule has 0 nitrogen and oxygen atoms in total. The normalized spacial score (nSPS) is 10.4. The van der Waals surface area contributed by atoms with E-state index in [1.165, 1.54) is 96.4 Å². The Kier molecular flexibility index (Phi) is 19.1. The molecule has 4 aromatic rings. The summed E-state index contributed by atoms with van der Waals surface area (Å²) in [7, 11) is 0.0642. The van der Waals surface area contributed by atoms with Crippen molar-refractivity contribution in [1.29, 1.82) is 0 Å². The van der Waals surface area contributed by atoms with Crippen molar-refractivity contribution in [3.05, 3.63) is 77.9 Å². The van der Waals surface area contributed by atoms with Crippen LogP contribution in [0.1, 0.15) is 76.3 Å². The molecular weight excluding hydrogens is 534 g/mol. The van der Waals surface area contributed by atoms with Gasteiger partial charge in [0.1, 0.15) is 0 Å². The van der Waals surface area contributed by atoms with Gasteiger partial charge in [-0.25, -0.2) is 0 Å². The molecule has 4 aromatic carbocycles. The predicted molar refractivity (Wildman–Crippen MR) is 153 cm³/mol. The van der Waals surface area contributed by atoms with Crippen molar-refractivity contribution < 1.29 is 46.5 Å². The molecule has 0 aliphatic carbocycles. The summed E-state index contributed by atoms with van der Waals surface area (Å²) in [6.07, 6.45) is 14.1. The first-order valence-corrected chi connectivity index (χ1v) is 14.9. The van der Waals surface area contributed by atoms with Gasteiger partial charge < -0.3 is 24.8 Å². The summed E-state index contributed by atoms with van der Waals surface area (Å²) >= 11 is 0. The number of benzene rings is 2. The number of aryl methyl sites for hydroxylation is 2. The van der Waals surface area contributed by atoms with Gasteiger partial charge in [-0.2, -0.15) is 18.2 Å². The van der Waals surface area contributed by atoms with Gasteiger partial charge in [-0.15, -0.1) is 68.8 Å². The molecule has 0 spiro atoms. The van der Waals surface area contributed by atoms with Crippen molar-refractivity contribution in [2.75, 3.05) is 12.3 Å². The number of fused-ring (bicyclic) bond motifs is 2.